The molecule has 0 bridgehead atoms. The van der Waals surface area contributed by atoms with Crippen molar-refractivity contribution >= 4 is 35.0 Å². The number of allylic oxidation sites excluding steroid dienone is 2. The Balaban J connectivity index is 1.30. The Hall–Kier alpha value is -5.57. The molecule has 2 heterocycles. The summed E-state index contributed by atoms with van der Waals surface area (Å²) in [5.41, 5.74) is 6.38. The Kier molecular flexibility index (Phi) is 7.47. The first kappa shape index (κ1) is 31.7. The van der Waals surface area contributed by atoms with E-state index in [1.807, 2.05) is 74.5 Å². The van der Waals surface area contributed by atoms with Crippen LogP contribution in [0.5, 0.6) is 5.75 Å². The monoisotopic (exact) mass is 669 g/mol. The molecule has 2 N–H and O–H groups in total. The third-order valence-electron chi connectivity index (χ3n) is 11.3. The summed E-state index contributed by atoms with van der Waals surface area (Å²) in [6.45, 7) is 3.97. The van der Waals surface area contributed by atoms with Gasteiger partial charge in [0, 0.05) is 5.92 Å². The highest BCUT2D eigenvalue weighted by molar-refractivity contribution is 6.22. The molecule has 2 saturated heterocycles. The lowest BCUT2D eigenvalue weighted by molar-refractivity contribution is -0.138. The molecule has 4 amide bonds. The van der Waals surface area contributed by atoms with E-state index < -0.39 is 58.4 Å². The molecule has 4 aliphatic rings. The molecule has 6 atom stereocenters. The second-order valence-electron chi connectivity index (χ2n) is 13.8. The number of rotatable bonds is 6. The SMILES string of the molecule is CCc1ccc(N2C(=O)C3CC=C4C(CC5C(=O)N(Nc6ccc(C)cc6)C(=O)C5(c5ccccc5)C4c4ccc(O)c(F)c4)C3C2=O)cc1. The molecule has 0 aromatic heterocycles. The first-order valence-electron chi connectivity index (χ1n) is 17.1. The Bertz CT molecular complexity index is 2080. The number of carbonyl (C=O) groups excluding carboxylic acids is 4. The summed E-state index contributed by atoms with van der Waals surface area (Å²) in [6, 6.07) is 27.8. The fraction of sp³-hybridized carbons (Fsp3) is 0.268. The molecule has 2 aliphatic heterocycles. The second kappa shape index (κ2) is 11.8. The van der Waals surface area contributed by atoms with Crippen molar-refractivity contribution in [1.82, 2.24) is 5.01 Å². The maximum absolute atomic E-state index is 15.3. The number of benzene rings is 4. The van der Waals surface area contributed by atoms with Crippen molar-refractivity contribution in [3.8, 4) is 5.75 Å². The number of hydrogen-bond donors (Lipinski definition) is 2. The van der Waals surface area contributed by atoms with Gasteiger partial charge in [-0.2, -0.15) is 5.01 Å². The topological polar surface area (TPSA) is 107 Å². The number of phenols is 1. The number of nitrogens with zero attached hydrogens (tertiary/aromatic N) is 2. The molecule has 9 heteroatoms. The Morgan fingerprint density at radius 3 is 2.26 bits per heavy atom. The van der Waals surface area contributed by atoms with E-state index in [9.17, 15) is 19.5 Å². The molecule has 4 aromatic rings. The molecule has 4 aromatic carbocycles. The van der Waals surface area contributed by atoms with Crippen molar-refractivity contribution in [2.45, 2.75) is 44.4 Å². The number of halogens is 1. The average molecular weight is 670 g/mol. The van der Waals surface area contributed by atoms with Gasteiger partial charge in [-0.05, 0) is 85.2 Å². The molecule has 1 saturated carbocycles. The maximum atomic E-state index is 15.3. The summed E-state index contributed by atoms with van der Waals surface area (Å²) in [5, 5.41) is 11.3. The number of anilines is 2. The van der Waals surface area contributed by atoms with Gasteiger partial charge in [0.2, 0.25) is 11.8 Å². The van der Waals surface area contributed by atoms with Gasteiger partial charge in [-0.15, -0.1) is 0 Å². The van der Waals surface area contributed by atoms with Crippen LogP contribution in [0.3, 0.4) is 0 Å². The average Bonchev–Trinajstić information content (AvgIpc) is 3.51. The van der Waals surface area contributed by atoms with Crippen LogP contribution in [0.25, 0.3) is 0 Å². The van der Waals surface area contributed by atoms with Crippen molar-refractivity contribution in [2.75, 3.05) is 10.3 Å². The number of carbonyl (C=O) groups is 4. The van der Waals surface area contributed by atoms with Crippen molar-refractivity contribution in [3.05, 3.63) is 137 Å². The first-order valence-corrected chi connectivity index (χ1v) is 17.1. The maximum Gasteiger partial charge on any atom is 0.260 e. The highest BCUT2D eigenvalue weighted by Gasteiger charge is 2.70. The fourth-order valence-electron chi connectivity index (χ4n) is 8.96. The highest BCUT2D eigenvalue weighted by atomic mass is 19.1. The molecule has 50 heavy (non-hydrogen) atoms. The van der Waals surface area contributed by atoms with Gasteiger partial charge in [-0.3, -0.25) is 29.5 Å². The van der Waals surface area contributed by atoms with Gasteiger partial charge in [0.25, 0.3) is 11.8 Å². The molecule has 2 aliphatic carbocycles. The molecular formula is C41H36FN3O5. The van der Waals surface area contributed by atoms with Gasteiger partial charge in [-0.1, -0.05) is 84.8 Å². The van der Waals surface area contributed by atoms with Crippen LogP contribution in [0.1, 0.15) is 47.9 Å². The van der Waals surface area contributed by atoms with E-state index in [0.29, 0.717) is 22.5 Å². The Morgan fingerprint density at radius 2 is 1.58 bits per heavy atom. The van der Waals surface area contributed by atoms with Crippen LogP contribution in [0, 0.1) is 36.4 Å². The van der Waals surface area contributed by atoms with E-state index in [2.05, 4.69) is 5.43 Å². The normalized spacial score (nSPS) is 27.2. The molecule has 6 unspecified atom stereocenters. The predicted molar refractivity (Wildman–Crippen MR) is 185 cm³/mol. The number of nitrogens with one attached hydrogen (secondary N) is 1. The molecule has 0 radical (unpaired) electrons. The van der Waals surface area contributed by atoms with Crippen molar-refractivity contribution in [3.63, 3.8) is 0 Å². The van der Waals surface area contributed by atoms with Crippen LogP contribution >= 0.6 is 0 Å². The van der Waals surface area contributed by atoms with E-state index in [1.165, 1.54) is 17.0 Å². The highest BCUT2D eigenvalue weighted by Crippen LogP contribution is 2.64. The number of imide groups is 2. The zero-order valence-corrected chi connectivity index (χ0v) is 27.7. The summed E-state index contributed by atoms with van der Waals surface area (Å²) in [4.78, 5) is 59.5. The Morgan fingerprint density at radius 1 is 0.860 bits per heavy atom. The number of hydrazine groups is 1. The number of hydrogen-bond acceptors (Lipinski definition) is 6. The zero-order chi connectivity index (χ0) is 34.9. The van der Waals surface area contributed by atoms with E-state index in [1.54, 1.807) is 30.3 Å². The zero-order valence-electron chi connectivity index (χ0n) is 27.7. The number of fused-ring (bicyclic) bond motifs is 4. The van der Waals surface area contributed by atoms with E-state index in [-0.39, 0.29) is 24.7 Å². The molecule has 252 valence electrons. The minimum absolute atomic E-state index is 0.136. The van der Waals surface area contributed by atoms with Crippen LogP contribution in [0.4, 0.5) is 15.8 Å². The van der Waals surface area contributed by atoms with Crippen LogP contribution in [-0.2, 0) is 31.0 Å². The molecule has 8 rings (SSSR count). The lowest BCUT2D eigenvalue weighted by Gasteiger charge is -2.50. The van der Waals surface area contributed by atoms with Crippen LogP contribution in [0.15, 0.2) is 109 Å². The molecular weight excluding hydrogens is 633 g/mol. The van der Waals surface area contributed by atoms with Gasteiger partial charge in [0.05, 0.1) is 34.5 Å². The minimum Gasteiger partial charge on any atom is -0.505 e. The largest absolute Gasteiger partial charge is 0.505 e. The van der Waals surface area contributed by atoms with Crippen molar-refractivity contribution < 1.29 is 28.7 Å². The summed E-state index contributed by atoms with van der Waals surface area (Å²) >= 11 is 0. The number of aromatic hydroxyl groups is 1. The van der Waals surface area contributed by atoms with Crippen molar-refractivity contribution in [1.29, 1.82) is 0 Å². The number of phenolic OH excluding ortho intramolecular Hbond substituents is 1. The van der Waals surface area contributed by atoms with Gasteiger partial charge in [0.1, 0.15) is 0 Å². The standard InChI is InChI=1S/C41H36FN3O5/c1-3-24-11-16-28(17-12-24)44-37(47)30-19-18-29-31(35(30)39(44)49)22-32-38(48)45(43-27-14-9-23(2)10-15-27)40(50)41(32,26-7-5-4-6-8-26)36(29)25-13-20-34(46)33(42)21-25/h4-18,20-21,30-32,35-36,43,46H,3,19,22H2,1-2H3. The lowest BCUT2D eigenvalue weighted by atomic mass is 9.49. The van der Waals surface area contributed by atoms with E-state index in [4.69, 9.17) is 0 Å². The van der Waals surface area contributed by atoms with Crippen molar-refractivity contribution in [2.24, 2.45) is 23.7 Å². The molecule has 0 spiro atoms. The second-order valence-corrected chi connectivity index (χ2v) is 13.8. The van der Waals surface area contributed by atoms with Crippen LogP contribution in [-0.4, -0.2) is 33.7 Å². The van der Waals surface area contributed by atoms with E-state index >= 15 is 9.18 Å². The van der Waals surface area contributed by atoms with Gasteiger partial charge < -0.3 is 5.11 Å². The summed E-state index contributed by atoms with van der Waals surface area (Å²) in [6.07, 6.45) is 3.14. The van der Waals surface area contributed by atoms with Gasteiger partial charge in [-0.25, -0.2) is 4.39 Å². The van der Waals surface area contributed by atoms with Crippen LogP contribution < -0.4 is 10.3 Å². The number of amides is 4. The summed E-state index contributed by atoms with van der Waals surface area (Å²) in [5.74, 6) is -6.82. The third-order valence-corrected chi connectivity index (χ3v) is 11.3. The first-order chi connectivity index (χ1) is 24.1. The van der Waals surface area contributed by atoms with E-state index in [0.717, 1.165) is 28.1 Å². The molecule has 8 nitrogen and oxygen atoms in total. The third kappa shape index (κ3) is 4.56. The minimum atomic E-state index is -1.52. The summed E-state index contributed by atoms with van der Waals surface area (Å²) in [7, 11) is 0. The van der Waals surface area contributed by atoms with Gasteiger partial charge >= 0.3 is 0 Å². The quantitative estimate of drug-likeness (QED) is 0.177. The lowest BCUT2D eigenvalue weighted by Crippen LogP contribution is -2.53. The molecule has 3 fully saturated rings. The van der Waals surface area contributed by atoms with Gasteiger partial charge in [0.15, 0.2) is 11.6 Å². The summed E-state index contributed by atoms with van der Waals surface area (Å²) < 4.78 is 15.3. The fourth-order valence-corrected chi connectivity index (χ4v) is 8.96. The predicted octanol–water partition coefficient (Wildman–Crippen LogP) is 6.59. The number of aryl methyl sites for hydroxylation is 2. The smallest absolute Gasteiger partial charge is 0.260 e. The Labute approximate surface area is 289 Å². The van der Waals surface area contributed by atoms with Crippen LogP contribution in [0.2, 0.25) is 0 Å².